The zero-order chi connectivity index (χ0) is 34.5. The van der Waals surface area contributed by atoms with E-state index in [1.165, 1.54) is 10.7 Å². The average Bonchev–Trinajstić information content (AvgIpc) is 3.74. The fraction of sp³-hybridized carbons (Fsp3) is 0.351. The Labute approximate surface area is 285 Å². The molecule has 5 aromatic rings. The first kappa shape index (κ1) is 33.5. The number of anilines is 1. The first-order chi connectivity index (χ1) is 23.8. The first-order valence-electron chi connectivity index (χ1n) is 16.9. The second-order valence-electron chi connectivity index (χ2n) is 12.5. The predicted octanol–water partition coefficient (Wildman–Crippen LogP) is 5.08. The molecule has 0 saturated heterocycles. The Hall–Kier alpha value is -5.36. The number of rotatable bonds is 12. The van der Waals surface area contributed by atoms with Gasteiger partial charge in [-0.3, -0.25) is 14.4 Å². The van der Waals surface area contributed by atoms with Crippen molar-refractivity contribution in [1.82, 2.24) is 34.2 Å². The topological polar surface area (TPSA) is 138 Å². The molecule has 12 nitrogen and oxygen atoms in total. The lowest BCUT2D eigenvalue weighted by Crippen LogP contribution is -2.46. The lowest BCUT2D eigenvalue weighted by molar-refractivity contribution is 0.0544. The van der Waals surface area contributed by atoms with E-state index in [9.17, 15) is 19.5 Å². The fourth-order valence-electron chi connectivity index (χ4n) is 6.30. The van der Waals surface area contributed by atoms with Crippen LogP contribution in [0.15, 0.2) is 73.2 Å². The molecule has 12 heteroatoms. The van der Waals surface area contributed by atoms with Gasteiger partial charge in [0.2, 0.25) is 0 Å². The van der Waals surface area contributed by atoms with Crippen molar-refractivity contribution in [3.05, 3.63) is 107 Å². The molecule has 0 aliphatic carbocycles. The number of unbranched alkanes of at least 4 members (excludes halogenated alkanes) is 2. The second-order valence-corrected chi connectivity index (χ2v) is 12.5. The number of amides is 3. The van der Waals surface area contributed by atoms with Crippen molar-refractivity contribution in [3.63, 3.8) is 0 Å². The van der Waals surface area contributed by atoms with Crippen LogP contribution in [-0.2, 0) is 13.0 Å². The van der Waals surface area contributed by atoms with Gasteiger partial charge in [-0.25, -0.2) is 14.2 Å². The Morgan fingerprint density at radius 2 is 1.73 bits per heavy atom. The van der Waals surface area contributed by atoms with Crippen LogP contribution in [0.2, 0.25) is 0 Å². The van der Waals surface area contributed by atoms with Crippen molar-refractivity contribution in [2.24, 2.45) is 0 Å². The summed E-state index contributed by atoms with van der Waals surface area (Å²) in [6.07, 6.45) is 9.00. The van der Waals surface area contributed by atoms with Gasteiger partial charge in [-0.05, 0) is 67.6 Å². The van der Waals surface area contributed by atoms with Crippen LogP contribution in [0.5, 0.6) is 0 Å². The molecule has 0 bridgehead atoms. The van der Waals surface area contributed by atoms with Crippen LogP contribution in [0.4, 0.5) is 5.69 Å². The molecule has 1 aliphatic heterocycles. The van der Waals surface area contributed by atoms with E-state index in [1.807, 2.05) is 36.1 Å². The number of fused-ring (bicyclic) bond motifs is 2. The third-order valence-electron chi connectivity index (χ3n) is 9.02. The number of hydrogen-bond donors (Lipinski definition) is 2. The van der Waals surface area contributed by atoms with Crippen LogP contribution >= 0.6 is 0 Å². The van der Waals surface area contributed by atoms with E-state index in [0.29, 0.717) is 54.5 Å². The summed E-state index contributed by atoms with van der Waals surface area (Å²) < 4.78 is 3.13. The molecule has 0 radical (unpaired) electrons. The summed E-state index contributed by atoms with van der Waals surface area (Å²) in [6, 6.07) is 16.0. The van der Waals surface area contributed by atoms with Gasteiger partial charge in [0.1, 0.15) is 5.56 Å². The zero-order valence-electron chi connectivity index (χ0n) is 28.2. The number of carbonyl (C=O) groups is 3. The average molecular weight is 663 g/mol. The molecule has 254 valence electrons. The molecule has 0 unspecified atom stereocenters. The van der Waals surface area contributed by atoms with E-state index in [4.69, 9.17) is 5.10 Å². The molecule has 0 fully saturated rings. The van der Waals surface area contributed by atoms with Crippen LogP contribution in [0, 0.1) is 6.92 Å². The van der Waals surface area contributed by atoms with E-state index in [0.717, 1.165) is 36.8 Å². The summed E-state index contributed by atoms with van der Waals surface area (Å²) >= 11 is 0. The van der Waals surface area contributed by atoms with E-state index >= 15 is 0 Å². The zero-order valence-corrected chi connectivity index (χ0v) is 28.2. The Morgan fingerprint density at radius 3 is 2.47 bits per heavy atom. The van der Waals surface area contributed by atoms with Gasteiger partial charge in [0.05, 0.1) is 30.1 Å². The number of benzene rings is 2. The molecule has 0 spiro atoms. The molecule has 4 heterocycles. The number of hydrogen-bond acceptors (Lipinski definition) is 7. The van der Waals surface area contributed by atoms with Gasteiger partial charge in [0.15, 0.2) is 11.3 Å². The molecule has 0 saturated carbocycles. The molecule has 2 N–H and O–H groups in total. The molecule has 3 aromatic heterocycles. The highest BCUT2D eigenvalue weighted by Gasteiger charge is 2.32. The van der Waals surface area contributed by atoms with Crippen LogP contribution in [-0.4, -0.2) is 82.7 Å². The van der Waals surface area contributed by atoms with Crippen molar-refractivity contribution in [2.45, 2.75) is 65.5 Å². The lowest BCUT2D eigenvalue weighted by atomic mass is 9.93. The van der Waals surface area contributed by atoms with Gasteiger partial charge in [-0.2, -0.15) is 10.2 Å². The van der Waals surface area contributed by atoms with E-state index in [1.54, 1.807) is 52.3 Å². The highest BCUT2D eigenvalue weighted by Crippen LogP contribution is 2.29. The summed E-state index contributed by atoms with van der Waals surface area (Å²) in [6.45, 7) is 7.46. The molecule has 6 rings (SSSR count). The molecular formula is C37H42N8O4. The largest absolute Gasteiger partial charge is 0.394 e. The Bertz CT molecular complexity index is 1970. The monoisotopic (exact) mass is 662 g/mol. The van der Waals surface area contributed by atoms with Crippen molar-refractivity contribution in [2.75, 3.05) is 25.0 Å². The van der Waals surface area contributed by atoms with Gasteiger partial charge in [-0.1, -0.05) is 51.0 Å². The van der Waals surface area contributed by atoms with Crippen LogP contribution in [0.1, 0.15) is 87.6 Å². The number of aryl methyl sites for hydroxylation is 1. The maximum Gasteiger partial charge on any atom is 0.274 e. The van der Waals surface area contributed by atoms with Gasteiger partial charge >= 0.3 is 0 Å². The number of aromatic nitrogens is 5. The third kappa shape index (κ3) is 6.95. The van der Waals surface area contributed by atoms with Crippen molar-refractivity contribution in [3.8, 4) is 5.69 Å². The van der Waals surface area contributed by atoms with Gasteiger partial charge in [-0.15, -0.1) is 0 Å². The minimum absolute atomic E-state index is 0.143. The quantitative estimate of drug-likeness (QED) is 0.190. The Morgan fingerprint density at radius 1 is 0.980 bits per heavy atom. The SMILES string of the molecule is CCCCN(CCCC)C(=O)c1cc(C)n(-c2ccc(NC(=O)c3cnn4cccnc34)cc2C(=O)N2Cc3ccccc3C[C@H]2CO)n1. The minimum Gasteiger partial charge on any atom is -0.394 e. The smallest absolute Gasteiger partial charge is 0.274 e. The number of nitrogens with zero attached hydrogens (tertiary/aromatic N) is 7. The van der Waals surface area contributed by atoms with Gasteiger partial charge in [0.25, 0.3) is 17.7 Å². The van der Waals surface area contributed by atoms with Gasteiger partial charge < -0.3 is 20.2 Å². The summed E-state index contributed by atoms with van der Waals surface area (Å²) in [5, 5.41) is 22.3. The summed E-state index contributed by atoms with van der Waals surface area (Å²) in [5.74, 6) is -0.898. The van der Waals surface area contributed by atoms with Crippen LogP contribution in [0.25, 0.3) is 11.3 Å². The maximum absolute atomic E-state index is 14.6. The maximum atomic E-state index is 14.6. The Balaban J connectivity index is 1.38. The van der Waals surface area contributed by atoms with Gasteiger partial charge in [0, 0.05) is 43.4 Å². The molecule has 1 atom stereocenters. The summed E-state index contributed by atoms with van der Waals surface area (Å²) in [7, 11) is 0. The lowest BCUT2D eigenvalue weighted by Gasteiger charge is -2.36. The van der Waals surface area contributed by atoms with Crippen molar-refractivity contribution in [1.29, 1.82) is 0 Å². The Kier molecular flexibility index (Phi) is 10.1. The highest BCUT2D eigenvalue weighted by molar-refractivity contribution is 6.09. The van der Waals surface area contributed by atoms with E-state index in [2.05, 4.69) is 29.2 Å². The van der Waals surface area contributed by atoms with E-state index in [-0.39, 0.29) is 29.5 Å². The fourth-order valence-corrected chi connectivity index (χ4v) is 6.30. The van der Waals surface area contributed by atoms with Crippen LogP contribution < -0.4 is 5.32 Å². The standard InChI is InChI=1S/C37H42N8O4/c1-4-6-16-42(17-7-5-2)37(49)32-19-25(3)45(41-32)33-14-13-28(40-35(47)31-22-39-44-18-10-15-38-34(31)44)21-30(33)36(48)43-23-27-12-9-8-11-26(27)20-29(43)24-46/h8-15,18-19,21-22,29,46H,4-7,16-17,20,23-24H2,1-3H3,(H,40,47)/t29-/m0/s1. The minimum atomic E-state index is -0.445. The number of carbonyl (C=O) groups excluding carboxylic acids is 3. The molecular weight excluding hydrogens is 620 g/mol. The predicted molar refractivity (Wildman–Crippen MR) is 186 cm³/mol. The molecule has 3 amide bonds. The molecule has 2 aromatic carbocycles. The molecule has 49 heavy (non-hydrogen) atoms. The normalized spacial score (nSPS) is 14.1. The molecule has 1 aliphatic rings. The third-order valence-corrected chi connectivity index (χ3v) is 9.02. The van der Waals surface area contributed by atoms with Crippen LogP contribution in [0.3, 0.4) is 0 Å². The highest BCUT2D eigenvalue weighted by atomic mass is 16.3. The second kappa shape index (κ2) is 14.8. The number of nitrogens with one attached hydrogen (secondary N) is 1. The first-order valence-corrected chi connectivity index (χ1v) is 16.9. The summed E-state index contributed by atoms with van der Waals surface area (Å²) in [4.78, 5) is 49.5. The summed E-state index contributed by atoms with van der Waals surface area (Å²) in [5.41, 5.74) is 4.90. The van der Waals surface area contributed by atoms with E-state index < -0.39 is 11.9 Å². The number of aliphatic hydroxyl groups excluding tert-OH is 1. The van der Waals surface area contributed by atoms with Crippen molar-refractivity contribution < 1.29 is 19.5 Å². The number of aliphatic hydroxyl groups is 1. The van der Waals surface area contributed by atoms with Crippen molar-refractivity contribution >= 4 is 29.1 Å².